The second kappa shape index (κ2) is 7.77. The molecule has 9 heteroatoms. The van der Waals surface area contributed by atoms with Crippen LogP contribution in [0.2, 0.25) is 0 Å². The van der Waals surface area contributed by atoms with Crippen LogP contribution in [0.3, 0.4) is 0 Å². The van der Waals surface area contributed by atoms with Gasteiger partial charge in [0.05, 0.1) is 5.39 Å². The van der Waals surface area contributed by atoms with Gasteiger partial charge in [-0.1, -0.05) is 32.0 Å². The predicted octanol–water partition coefficient (Wildman–Crippen LogP) is -0.145. The van der Waals surface area contributed by atoms with Crippen LogP contribution in [0.4, 0.5) is 0 Å². The Kier molecular flexibility index (Phi) is 5.71. The van der Waals surface area contributed by atoms with E-state index in [1.165, 1.54) is 14.0 Å². The maximum absolute atomic E-state index is 12.5. The van der Waals surface area contributed by atoms with Crippen LogP contribution in [0.1, 0.15) is 31.3 Å². The van der Waals surface area contributed by atoms with Crippen molar-refractivity contribution < 1.29 is 14.4 Å². The lowest BCUT2D eigenvalue weighted by molar-refractivity contribution is -0.129. The standard InChI is InChI=1S/C17H21N5O4/c1-9(2)13(18-10(3)23)15(24)19-20-16(25)14-11-7-5-6-8-12(11)17(26)22(4)21-14/h5-9,13H,1-4H3,(H,18,23)(H,19,24)(H,20,25)/t13-/m0/s1. The summed E-state index contributed by atoms with van der Waals surface area (Å²) in [6, 6.07) is 5.78. The molecular weight excluding hydrogens is 338 g/mol. The molecule has 1 heterocycles. The van der Waals surface area contributed by atoms with Crippen LogP contribution in [0.15, 0.2) is 29.1 Å². The number of aryl methyl sites for hydroxylation is 1. The number of rotatable bonds is 4. The molecule has 0 radical (unpaired) electrons. The zero-order valence-corrected chi connectivity index (χ0v) is 15.0. The lowest BCUT2D eigenvalue weighted by atomic mass is 10.0. The van der Waals surface area contributed by atoms with Crippen LogP contribution in [0.25, 0.3) is 10.8 Å². The van der Waals surface area contributed by atoms with Crippen molar-refractivity contribution in [3.63, 3.8) is 0 Å². The number of aromatic nitrogens is 2. The average Bonchev–Trinajstić information content (AvgIpc) is 2.60. The molecule has 0 aliphatic rings. The summed E-state index contributed by atoms with van der Waals surface area (Å²) in [4.78, 5) is 48.0. The Labute approximate surface area is 149 Å². The third kappa shape index (κ3) is 4.05. The summed E-state index contributed by atoms with van der Waals surface area (Å²) in [5.41, 5.74) is 4.24. The van der Waals surface area contributed by atoms with E-state index in [-0.39, 0.29) is 23.1 Å². The van der Waals surface area contributed by atoms with Crippen molar-refractivity contribution in [2.24, 2.45) is 13.0 Å². The fourth-order valence-corrected chi connectivity index (χ4v) is 2.48. The second-order valence-electron chi connectivity index (χ2n) is 6.19. The predicted molar refractivity (Wildman–Crippen MR) is 95.0 cm³/mol. The van der Waals surface area contributed by atoms with Gasteiger partial charge in [0, 0.05) is 19.4 Å². The van der Waals surface area contributed by atoms with E-state index in [2.05, 4.69) is 21.3 Å². The minimum absolute atomic E-state index is 0.00336. The van der Waals surface area contributed by atoms with Gasteiger partial charge in [0.1, 0.15) is 6.04 Å². The molecule has 0 fully saturated rings. The van der Waals surface area contributed by atoms with Gasteiger partial charge in [0.2, 0.25) is 5.91 Å². The summed E-state index contributed by atoms with van der Waals surface area (Å²) >= 11 is 0. The maximum atomic E-state index is 12.5. The normalized spacial score (nSPS) is 11.9. The summed E-state index contributed by atoms with van der Waals surface area (Å²) in [6.07, 6.45) is 0. The highest BCUT2D eigenvalue weighted by atomic mass is 16.2. The minimum atomic E-state index is -0.794. The van der Waals surface area contributed by atoms with E-state index in [0.717, 1.165) is 4.68 Å². The SMILES string of the molecule is CC(=O)N[C@H](C(=O)NNC(=O)c1nn(C)c(=O)c2ccccc12)C(C)C. The van der Waals surface area contributed by atoms with Gasteiger partial charge in [-0.25, -0.2) is 4.68 Å². The monoisotopic (exact) mass is 359 g/mol. The number of fused-ring (bicyclic) bond motifs is 1. The summed E-state index contributed by atoms with van der Waals surface area (Å²) in [5, 5.41) is 7.23. The number of benzene rings is 1. The summed E-state index contributed by atoms with van der Waals surface area (Å²) in [5.74, 6) is -1.75. The zero-order valence-electron chi connectivity index (χ0n) is 15.0. The molecule has 0 aliphatic heterocycles. The van der Waals surface area contributed by atoms with Crippen molar-refractivity contribution in [2.75, 3.05) is 0 Å². The number of nitrogens with zero attached hydrogens (tertiary/aromatic N) is 2. The van der Waals surface area contributed by atoms with Crippen LogP contribution in [-0.4, -0.2) is 33.5 Å². The number of hydrogen-bond acceptors (Lipinski definition) is 5. The first-order chi connectivity index (χ1) is 12.2. The molecule has 1 atom stereocenters. The smallest absolute Gasteiger partial charge is 0.290 e. The van der Waals surface area contributed by atoms with Crippen LogP contribution in [0, 0.1) is 5.92 Å². The number of hydrogen-bond donors (Lipinski definition) is 3. The van der Waals surface area contributed by atoms with E-state index >= 15 is 0 Å². The molecule has 9 nitrogen and oxygen atoms in total. The molecule has 138 valence electrons. The first kappa shape index (κ1) is 19.1. The van der Waals surface area contributed by atoms with Crippen molar-refractivity contribution in [3.8, 4) is 0 Å². The van der Waals surface area contributed by atoms with Gasteiger partial charge in [0.25, 0.3) is 17.4 Å². The largest absolute Gasteiger partial charge is 0.344 e. The van der Waals surface area contributed by atoms with Gasteiger partial charge in [-0.15, -0.1) is 0 Å². The van der Waals surface area contributed by atoms with Gasteiger partial charge in [-0.3, -0.25) is 30.0 Å². The van der Waals surface area contributed by atoms with E-state index in [9.17, 15) is 19.2 Å². The van der Waals surface area contributed by atoms with E-state index in [1.54, 1.807) is 38.1 Å². The van der Waals surface area contributed by atoms with Crippen LogP contribution < -0.4 is 21.7 Å². The molecule has 0 bridgehead atoms. The number of carbonyl (C=O) groups is 3. The lowest BCUT2D eigenvalue weighted by Gasteiger charge is -2.21. The van der Waals surface area contributed by atoms with Gasteiger partial charge in [0.15, 0.2) is 5.69 Å². The number of amides is 3. The highest BCUT2D eigenvalue weighted by Crippen LogP contribution is 2.12. The van der Waals surface area contributed by atoms with Crippen molar-refractivity contribution >= 4 is 28.5 Å². The fourth-order valence-electron chi connectivity index (χ4n) is 2.48. The lowest BCUT2D eigenvalue weighted by Crippen LogP contribution is -2.54. The maximum Gasteiger partial charge on any atom is 0.290 e. The first-order valence-electron chi connectivity index (χ1n) is 8.05. The quantitative estimate of drug-likeness (QED) is 0.656. The molecule has 0 saturated heterocycles. The number of nitrogens with one attached hydrogen (secondary N) is 3. The molecule has 3 amide bonds. The van der Waals surface area contributed by atoms with Crippen LogP contribution in [0.5, 0.6) is 0 Å². The van der Waals surface area contributed by atoms with Crippen LogP contribution in [-0.2, 0) is 16.6 Å². The highest BCUT2D eigenvalue weighted by Gasteiger charge is 2.24. The third-order valence-corrected chi connectivity index (χ3v) is 3.78. The molecule has 1 aromatic carbocycles. The van der Waals surface area contributed by atoms with E-state index in [1.807, 2.05) is 0 Å². The Balaban J connectivity index is 2.22. The van der Waals surface area contributed by atoms with Gasteiger partial charge >= 0.3 is 0 Å². The van der Waals surface area contributed by atoms with Crippen molar-refractivity contribution in [3.05, 3.63) is 40.3 Å². The Morgan fingerprint density at radius 3 is 2.27 bits per heavy atom. The molecule has 3 N–H and O–H groups in total. The summed E-state index contributed by atoms with van der Waals surface area (Å²) < 4.78 is 1.06. The number of hydrazine groups is 1. The molecule has 0 aliphatic carbocycles. The third-order valence-electron chi connectivity index (χ3n) is 3.78. The van der Waals surface area contributed by atoms with Crippen LogP contribution >= 0.6 is 0 Å². The van der Waals surface area contributed by atoms with Crippen molar-refractivity contribution in [1.29, 1.82) is 0 Å². The van der Waals surface area contributed by atoms with Crippen molar-refractivity contribution in [1.82, 2.24) is 25.9 Å². The van der Waals surface area contributed by atoms with Gasteiger partial charge in [-0.05, 0) is 12.0 Å². The molecule has 0 unspecified atom stereocenters. The molecule has 1 aromatic heterocycles. The molecule has 0 saturated carbocycles. The molecular formula is C17H21N5O4. The van der Waals surface area contributed by atoms with Gasteiger partial charge < -0.3 is 5.32 Å². The first-order valence-corrected chi connectivity index (χ1v) is 8.05. The van der Waals surface area contributed by atoms with E-state index in [0.29, 0.717) is 10.8 Å². The second-order valence-corrected chi connectivity index (χ2v) is 6.19. The molecule has 26 heavy (non-hydrogen) atoms. The zero-order chi connectivity index (χ0) is 19.4. The molecule has 2 rings (SSSR count). The van der Waals surface area contributed by atoms with Gasteiger partial charge in [-0.2, -0.15) is 5.10 Å². The molecule has 2 aromatic rings. The Morgan fingerprint density at radius 1 is 1.08 bits per heavy atom. The van der Waals surface area contributed by atoms with Crippen molar-refractivity contribution in [2.45, 2.75) is 26.8 Å². The van der Waals surface area contributed by atoms with E-state index < -0.39 is 17.9 Å². The average molecular weight is 359 g/mol. The fraction of sp³-hybridized carbons (Fsp3) is 0.353. The molecule has 0 spiro atoms. The highest BCUT2D eigenvalue weighted by molar-refractivity contribution is 6.05. The topological polar surface area (TPSA) is 122 Å². The number of carbonyl (C=O) groups excluding carboxylic acids is 3. The van der Waals surface area contributed by atoms with E-state index in [4.69, 9.17) is 0 Å². The summed E-state index contributed by atoms with van der Waals surface area (Å²) in [6.45, 7) is 4.84. The Morgan fingerprint density at radius 2 is 1.69 bits per heavy atom. The minimum Gasteiger partial charge on any atom is -0.344 e. The Bertz CT molecular complexity index is 919. The Hall–Kier alpha value is -3.23. The summed E-state index contributed by atoms with van der Waals surface area (Å²) in [7, 11) is 1.44.